The van der Waals surface area contributed by atoms with E-state index in [0.29, 0.717) is 11.0 Å². The van der Waals surface area contributed by atoms with Crippen molar-refractivity contribution < 1.29 is 5.11 Å². The molecule has 6 heteroatoms. The Morgan fingerprint density at radius 3 is 2.33 bits per heavy atom. The molecule has 0 saturated carbocycles. The summed E-state index contributed by atoms with van der Waals surface area (Å²) < 4.78 is 0. The van der Waals surface area contributed by atoms with E-state index in [9.17, 15) is 5.11 Å². The zero-order valence-corrected chi connectivity index (χ0v) is 16.2. The van der Waals surface area contributed by atoms with E-state index in [4.69, 9.17) is 11.5 Å². The lowest BCUT2D eigenvalue weighted by Crippen LogP contribution is -2.52. The van der Waals surface area contributed by atoms with E-state index >= 15 is 0 Å². The molecule has 0 aliphatic heterocycles. The second-order valence-electron chi connectivity index (χ2n) is 6.52. The molecule has 0 radical (unpaired) electrons. The van der Waals surface area contributed by atoms with Crippen LogP contribution in [0, 0.1) is 0 Å². The monoisotopic (exact) mass is 386 g/mol. The van der Waals surface area contributed by atoms with Crippen molar-refractivity contribution in [3.8, 4) is 5.75 Å². The molecule has 0 aromatic heterocycles. The van der Waals surface area contributed by atoms with Crippen molar-refractivity contribution >= 4 is 42.3 Å². The van der Waals surface area contributed by atoms with Gasteiger partial charge in [-0.3, -0.25) is 0 Å². The number of halogens is 2. The van der Waals surface area contributed by atoms with Gasteiger partial charge < -0.3 is 16.6 Å². The molecule has 5 N–H and O–H groups in total. The summed E-state index contributed by atoms with van der Waals surface area (Å²) in [6.07, 6.45) is 0.912. The molecule has 3 rings (SSSR count). The molecular formula is C18H24Cl2N2OS. The van der Waals surface area contributed by atoms with Gasteiger partial charge in [-0.25, -0.2) is 0 Å². The number of benzene rings is 2. The summed E-state index contributed by atoms with van der Waals surface area (Å²) in [5, 5.41) is 10.1. The molecule has 1 aliphatic rings. The molecule has 2 unspecified atom stereocenters. The van der Waals surface area contributed by atoms with E-state index in [2.05, 4.69) is 13.8 Å². The van der Waals surface area contributed by atoms with Crippen LogP contribution in [0.4, 0.5) is 5.69 Å². The van der Waals surface area contributed by atoms with Gasteiger partial charge in [0.2, 0.25) is 0 Å². The minimum Gasteiger partial charge on any atom is -0.508 e. The third-order valence-corrected chi connectivity index (χ3v) is 5.92. The highest BCUT2D eigenvalue weighted by Crippen LogP contribution is 2.43. The first-order valence-corrected chi connectivity index (χ1v) is 8.36. The lowest BCUT2D eigenvalue weighted by Gasteiger charge is -2.43. The van der Waals surface area contributed by atoms with Crippen LogP contribution in [0.3, 0.4) is 0 Å². The lowest BCUT2D eigenvalue weighted by atomic mass is 9.69. The second kappa shape index (κ2) is 7.87. The van der Waals surface area contributed by atoms with Crippen molar-refractivity contribution in [1.82, 2.24) is 0 Å². The molecule has 132 valence electrons. The van der Waals surface area contributed by atoms with Crippen molar-refractivity contribution in [2.24, 2.45) is 5.73 Å². The van der Waals surface area contributed by atoms with Crippen LogP contribution in [0.1, 0.15) is 25.0 Å². The number of hydrogen-bond donors (Lipinski definition) is 3. The van der Waals surface area contributed by atoms with Crippen molar-refractivity contribution in [2.45, 2.75) is 41.9 Å². The quantitative estimate of drug-likeness (QED) is 0.678. The average molecular weight is 387 g/mol. The van der Waals surface area contributed by atoms with Crippen LogP contribution in [0.5, 0.6) is 5.75 Å². The Morgan fingerprint density at radius 2 is 1.71 bits per heavy atom. The molecule has 0 spiro atoms. The average Bonchev–Trinajstić information content (AvgIpc) is 2.48. The maximum Gasteiger partial charge on any atom is 0.115 e. The maximum atomic E-state index is 9.78. The minimum atomic E-state index is -0.169. The zero-order valence-electron chi connectivity index (χ0n) is 13.7. The van der Waals surface area contributed by atoms with Gasteiger partial charge in [0.15, 0.2) is 0 Å². The molecule has 2 aromatic rings. The number of hydrogen-bond acceptors (Lipinski definition) is 4. The molecule has 0 saturated heterocycles. The van der Waals surface area contributed by atoms with Crippen LogP contribution in [0.2, 0.25) is 0 Å². The molecule has 0 heterocycles. The Morgan fingerprint density at radius 1 is 1.08 bits per heavy atom. The van der Waals surface area contributed by atoms with Gasteiger partial charge in [-0.1, -0.05) is 19.9 Å². The number of phenolic OH excluding ortho intramolecular Hbond substituents is 1. The van der Waals surface area contributed by atoms with E-state index in [0.717, 1.165) is 17.7 Å². The van der Waals surface area contributed by atoms with Crippen LogP contribution < -0.4 is 11.5 Å². The molecule has 24 heavy (non-hydrogen) atoms. The Hall–Kier alpha value is -1.07. The van der Waals surface area contributed by atoms with Gasteiger partial charge in [0.25, 0.3) is 0 Å². The van der Waals surface area contributed by atoms with Gasteiger partial charge in [-0.15, -0.1) is 36.6 Å². The fraction of sp³-hybridized carbons (Fsp3) is 0.333. The topological polar surface area (TPSA) is 72.3 Å². The van der Waals surface area contributed by atoms with Gasteiger partial charge in [0.1, 0.15) is 5.75 Å². The minimum absolute atomic E-state index is 0. The normalized spacial score (nSPS) is 21.1. The Bertz CT molecular complexity index is 692. The van der Waals surface area contributed by atoms with Crippen molar-refractivity contribution in [1.29, 1.82) is 0 Å². The fourth-order valence-electron chi connectivity index (χ4n) is 3.17. The van der Waals surface area contributed by atoms with Crippen LogP contribution >= 0.6 is 36.6 Å². The number of phenols is 1. The fourth-order valence-corrected chi connectivity index (χ4v) is 4.56. The van der Waals surface area contributed by atoms with Crippen LogP contribution in [-0.4, -0.2) is 16.4 Å². The molecule has 2 atom stereocenters. The number of anilines is 1. The Kier molecular flexibility index (Phi) is 6.88. The molecule has 0 bridgehead atoms. The van der Waals surface area contributed by atoms with Crippen LogP contribution in [-0.2, 0) is 11.8 Å². The lowest BCUT2D eigenvalue weighted by molar-refractivity contribution is 0.369. The highest BCUT2D eigenvalue weighted by molar-refractivity contribution is 8.00. The smallest absolute Gasteiger partial charge is 0.115 e. The molecule has 1 aliphatic carbocycles. The number of aromatic hydroxyl groups is 1. The number of rotatable bonds is 2. The highest BCUT2D eigenvalue weighted by atomic mass is 35.5. The van der Waals surface area contributed by atoms with Crippen molar-refractivity contribution in [3.05, 3.63) is 53.6 Å². The Balaban J connectivity index is 0.00000144. The summed E-state index contributed by atoms with van der Waals surface area (Å²) in [4.78, 5) is 1.19. The summed E-state index contributed by atoms with van der Waals surface area (Å²) in [6.45, 7) is 4.32. The molecule has 0 fully saturated rings. The van der Waals surface area contributed by atoms with Gasteiger partial charge in [-0.2, -0.15) is 0 Å². The van der Waals surface area contributed by atoms with Gasteiger partial charge in [-0.05, 0) is 53.9 Å². The summed E-state index contributed by atoms with van der Waals surface area (Å²) in [5.74, 6) is 0.309. The van der Waals surface area contributed by atoms with E-state index in [1.54, 1.807) is 6.07 Å². The van der Waals surface area contributed by atoms with E-state index in [1.165, 1.54) is 10.5 Å². The first-order valence-electron chi connectivity index (χ1n) is 7.48. The summed E-state index contributed by atoms with van der Waals surface area (Å²) in [6, 6.07) is 13.6. The van der Waals surface area contributed by atoms with E-state index in [1.807, 2.05) is 48.2 Å². The largest absolute Gasteiger partial charge is 0.508 e. The SMILES string of the molecule is CC1(C)c2cc(O)ccc2CC(Sc2ccc(N)cc2)C1N.Cl.Cl. The van der Waals surface area contributed by atoms with Gasteiger partial charge in [0, 0.05) is 27.3 Å². The van der Waals surface area contributed by atoms with Crippen LogP contribution in [0.15, 0.2) is 47.4 Å². The number of nitrogen functional groups attached to an aromatic ring is 1. The molecule has 3 nitrogen and oxygen atoms in total. The predicted molar refractivity (Wildman–Crippen MR) is 108 cm³/mol. The summed E-state index contributed by atoms with van der Waals surface area (Å²) >= 11 is 1.81. The van der Waals surface area contributed by atoms with E-state index in [-0.39, 0.29) is 36.3 Å². The van der Waals surface area contributed by atoms with Crippen molar-refractivity contribution in [3.63, 3.8) is 0 Å². The number of nitrogens with two attached hydrogens (primary N) is 2. The maximum absolute atomic E-state index is 9.78. The molecular weight excluding hydrogens is 363 g/mol. The number of thioether (sulfide) groups is 1. The first kappa shape index (κ1) is 21.0. The van der Waals surface area contributed by atoms with Gasteiger partial charge >= 0.3 is 0 Å². The Labute approximate surface area is 160 Å². The zero-order chi connectivity index (χ0) is 15.9. The molecule has 0 amide bonds. The third kappa shape index (κ3) is 3.94. The van der Waals surface area contributed by atoms with Crippen LogP contribution in [0.25, 0.3) is 0 Å². The second-order valence-corrected chi connectivity index (χ2v) is 7.83. The van der Waals surface area contributed by atoms with Crippen molar-refractivity contribution in [2.75, 3.05) is 5.73 Å². The van der Waals surface area contributed by atoms with Gasteiger partial charge in [0.05, 0.1) is 0 Å². The summed E-state index contributed by atoms with van der Waals surface area (Å²) in [7, 11) is 0. The highest BCUT2D eigenvalue weighted by Gasteiger charge is 2.40. The third-order valence-electron chi connectivity index (χ3n) is 4.61. The molecule has 2 aromatic carbocycles. The predicted octanol–water partition coefficient (Wildman–Crippen LogP) is 4.14. The number of fused-ring (bicyclic) bond motifs is 1. The first-order chi connectivity index (χ1) is 10.4. The summed E-state index contributed by atoms with van der Waals surface area (Å²) in [5.41, 5.74) is 15.4. The van der Waals surface area contributed by atoms with E-state index < -0.39 is 0 Å². The standard InChI is InChI=1S/C18H22N2OS.2ClH/c1-18(2)15-10-13(21)6-3-11(15)9-16(17(18)20)22-14-7-4-12(19)5-8-14;;/h3-8,10,16-17,21H,9,19-20H2,1-2H3;2*1H.